The smallest absolute Gasteiger partial charge is 0.248 e. The van der Waals surface area contributed by atoms with E-state index < -0.39 is 6.61 Å². The molecule has 2 aromatic carbocycles. The van der Waals surface area contributed by atoms with Crippen LogP contribution in [0.25, 0.3) is 0 Å². The maximum Gasteiger partial charge on any atom is 0.248 e. The molecule has 0 saturated carbocycles. The highest BCUT2D eigenvalue weighted by molar-refractivity contribution is 8.18. The van der Waals surface area contributed by atoms with Crippen LogP contribution in [0.4, 0.5) is 0 Å². The number of hydrogen-bond donors (Lipinski definition) is 3. The molecule has 6 nitrogen and oxygen atoms in total. The predicted octanol–water partition coefficient (Wildman–Crippen LogP) is 8.93. The minimum atomic E-state index is -0.478. The maximum absolute atomic E-state index is 12.6. The number of benzene rings is 2. The number of nitrogens with zero attached hydrogens (tertiary/aromatic N) is 1. The summed E-state index contributed by atoms with van der Waals surface area (Å²) in [7, 11) is 0. The molecule has 0 atom stereocenters. The van der Waals surface area contributed by atoms with E-state index in [0.717, 1.165) is 41.0 Å². The molecule has 0 aromatic heterocycles. The van der Waals surface area contributed by atoms with Crippen LogP contribution in [-0.2, 0) is 26.5 Å². The molecule has 1 saturated heterocycles. The Morgan fingerprint density at radius 2 is 1.32 bits per heavy atom. The number of thioether (sulfide) groups is 2. The molecule has 2 aromatic rings. The fourth-order valence-electron chi connectivity index (χ4n) is 6.14. The average Bonchev–Trinajstić information content (AvgIpc) is 2.93. The quantitative estimate of drug-likeness (QED) is 0.170. The van der Waals surface area contributed by atoms with Gasteiger partial charge in [0, 0.05) is 46.2 Å². The largest absolute Gasteiger partial charge is 0.507 e. The molecule has 1 heterocycles. The Balaban J connectivity index is 2.23. The first-order valence-electron chi connectivity index (χ1n) is 17.1. The fourth-order valence-corrected chi connectivity index (χ4v) is 9.45. The molecule has 264 valence electrons. The number of aliphatic hydroxyl groups is 2. The van der Waals surface area contributed by atoms with Crippen LogP contribution in [0.5, 0.6) is 11.5 Å². The molecule has 1 aliphatic rings. The van der Waals surface area contributed by atoms with E-state index in [-0.39, 0.29) is 38.3 Å². The summed E-state index contributed by atoms with van der Waals surface area (Å²) < 4.78 is 6.33. The number of amides is 1. The van der Waals surface area contributed by atoms with E-state index in [9.17, 15) is 20.1 Å². The number of aliphatic hydroxyl groups excluding tert-OH is 2. The Bertz CT molecular complexity index is 1350. The number of rotatable bonds is 10. The lowest BCUT2D eigenvalue weighted by Crippen LogP contribution is -2.44. The second kappa shape index (κ2) is 14.9. The zero-order valence-corrected chi connectivity index (χ0v) is 32.7. The summed E-state index contributed by atoms with van der Waals surface area (Å²) in [5.74, 6) is 1.08. The van der Waals surface area contributed by atoms with E-state index in [1.54, 1.807) is 4.90 Å². The molecule has 1 aliphatic heterocycles. The SMILES string of the molecule is CC(C)(C)c1cc(SC2(Sc3ccc(C(C)(C)C)c(OCCCCO)c3C(C)(C)C)CCN(C(=O)CO)CC2)cc(C(C)(C)C)c1O. The molecule has 3 rings (SSSR count). The topological polar surface area (TPSA) is 90.2 Å². The van der Waals surface area contributed by atoms with Crippen molar-refractivity contribution in [3.8, 4) is 11.5 Å². The van der Waals surface area contributed by atoms with Crippen LogP contribution >= 0.6 is 23.5 Å². The highest BCUT2D eigenvalue weighted by Crippen LogP contribution is 2.56. The van der Waals surface area contributed by atoms with Gasteiger partial charge in [0.15, 0.2) is 0 Å². The number of phenols is 1. The molecule has 1 fully saturated rings. The van der Waals surface area contributed by atoms with E-state index in [0.29, 0.717) is 31.9 Å². The summed E-state index contributed by atoms with van der Waals surface area (Å²) in [5, 5.41) is 30.5. The number of hydrogen-bond acceptors (Lipinski definition) is 7. The number of ether oxygens (including phenoxy) is 1. The van der Waals surface area contributed by atoms with Gasteiger partial charge >= 0.3 is 0 Å². The van der Waals surface area contributed by atoms with Crippen LogP contribution in [-0.4, -0.2) is 63.1 Å². The number of phenolic OH excluding ortho intramolecular Hbond substituents is 1. The Kier molecular flexibility index (Phi) is 12.6. The fraction of sp³-hybridized carbons (Fsp3) is 0.667. The lowest BCUT2D eigenvalue weighted by atomic mass is 9.79. The van der Waals surface area contributed by atoms with E-state index in [2.05, 4.69) is 107 Å². The monoisotopic (exact) mass is 687 g/mol. The summed E-state index contributed by atoms with van der Waals surface area (Å²) in [6, 6.07) is 8.80. The van der Waals surface area contributed by atoms with Gasteiger partial charge in [-0.05, 0) is 71.1 Å². The Morgan fingerprint density at radius 3 is 1.77 bits per heavy atom. The summed E-state index contributed by atoms with van der Waals surface area (Å²) in [6.07, 6.45) is 2.96. The molecule has 0 unspecified atom stereocenters. The van der Waals surface area contributed by atoms with Crippen LogP contribution in [0.1, 0.15) is 131 Å². The maximum atomic E-state index is 12.6. The molecule has 0 bridgehead atoms. The van der Waals surface area contributed by atoms with E-state index in [1.807, 2.05) is 23.5 Å². The standard InChI is InChI=1S/C39H61NO5S2/c1-35(2,3)27-15-16-30(32(38(10,11)12)34(27)45-22-14-13-21-41)47-39(17-19-40(20-18-39)31(43)25-42)46-26-23-28(36(4,5)6)33(44)29(24-26)37(7,8)9/h15-16,23-24,41-42,44H,13-14,17-22,25H2,1-12H3. The summed E-state index contributed by atoms with van der Waals surface area (Å²) in [5.41, 5.74) is 3.38. The molecule has 0 radical (unpaired) electrons. The second-order valence-electron chi connectivity index (χ2n) is 17.1. The van der Waals surface area contributed by atoms with Gasteiger partial charge in [0.25, 0.3) is 0 Å². The molecule has 0 aliphatic carbocycles. The van der Waals surface area contributed by atoms with Gasteiger partial charge < -0.3 is 25.0 Å². The van der Waals surface area contributed by atoms with Gasteiger partial charge in [-0.3, -0.25) is 4.79 Å². The van der Waals surface area contributed by atoms with E-state index in [4.69, 9.17) is 4.74 Å². The summed E-state index contributed by atoms with van der Waals surface area (Å²) in [6.45, 7) is 27.6. The molecular formula is C39H61NO5S2. The molecule has 1 amide bonds. The highest BCUT2D eigenvalue weighted by Gasteiger charge is 2.41. The third-order valence-electron chi connectivity index (χ3n) is 8.79. The lowest BCUT2D eigenvalue weighted by Gasteiger charge is -2.42. The minimum Gasteiger partial charge on any atom is -0.507 e. The average molecular weight is 688 g/mol. The number of carbonyl (C=O) groups excluding carboxylic acids is 1. The third-order valence-corrected chi connectivity index (χ3v) is 11.9. The summed E-state index contributed by atoms with van der Waals surface area (Å²) >= 11 is 3.71. The van der Waals surface area contributed by atoms with Gasteiger partial charge in [0.2, 0.25) is 5.91 Å². The molecule has 8 heteroatoms. The molecule has 47 heavy (non-hydrogen) atoms. The van der Waals surface area contributed by atoms with Crippen molar-refractivity contribution in [3.63, 3.8) is 0 Å². The normalized spacial score (nSPS) is 16.0. The molecular weight excluding hydrogens is 627 g/mol. The van der Waals surface area contributed by atoms with Crippen LogP contribution in [0, 0.1) is 0 Å². The van der Waals surface area contributed by atoms with Crippen molar-refractivity contribution in [2.24, 2.45) is 0 Å². The number of carbonyl (C=O) groups is 1. The number of unbranched alkanes of at least 4 members (excludes halogenated alkanes) is 1. The number of aromatic hydroxyl groups is 1. The Labute approximate surface area is 293 Å². The van der Waals surface area contributed by atoms with Crippen molar-refractivity contribution >= 4 is 29.4 Å². The van der Waals surface area contributed by atoms with Crippen molar-refractivity contribution in [2.75, 3.05) is 32.9 Å². The van der Waals surface area contributed by atoms with Crippen molar-refractivity contribution in [2.45, 2.75) is 144 Å². The van der Waals surface area contributed by atoms with E-state index >= 15 is 0 Å². The Morgan fingerprint density at radius 1 is 0.787 bits per heavy atom. The Hall–Kier alpha value is -1.87. The predicted molar refractivity (Wildman–Crippen MR) is 199 cm³/mol. The van der Waals surface area contributed by atoms with Crippen LogP contribution in [0.2, 0.25) is 0 Å². The lowest BCUT2D eigenvalue weighted by molar-refractivity contribution is -0.135. The number of likely N-dealkylation sites (tertiary alicyclic amines) is 1. The van der Waals surface area contributed by atoms with Crippen molar-refractivity contribution in [1.82, 2.24) is 4.90 Å². The van der Waals surface area contributed by atoms with Gasteiger partial charge in [0.05, 0.1) is 10.7 Å². The van der Waals surface area contributed by atoms with Crippen molar-refractivity contribution < 1.29 is 24.9 Å². The van der Waals surface area contributed by atoms with Gasteiger partial charge in [-0.1, -0.05) is 89.2 Å². The highest BCUT2D eigenvalue weighted by atomic mass is 32.2. The minimum absolute atomic E-state index is 0.128. The van der Waals surface area contributed by atoms with Gasteiger partial charge in [0.1, 0.15) is 18.1 Å². The first-order chi connectivity index (χ1) is 21.5. The second-order valence-corrected chi connectivity index (χ2v) is 20.3. The van der Waals surface area contributed by atoms with Crippen molar-refractivity contribution in [3.05, 3.63) is 46.5 Å². The first kappa shape index (κ1) is 39.6. The zero-order valence-electron chi connectivity index (χ0n) is 31.1. The van der Waals surface area contributed by atoms with E-state index in [1.165, 1.54) is 16.0 Å². The number of piperidine rings is 1. The molecule has 3 N–H and O–H groups in total. The van der Waals surface area contributed by atoms with Crippen LogP contribution < -0.4 is 4.74 Å². The van der Waals surface area contributed by atoms with Gasteiger partial charge in [-0.15, -0.1) is 23.5 Å². The third kappa shape index (κ3) is 9.86. The zero-order chi connectivity index (χ0) is 35.6. The molecule has 0 spiro atoms. The van der Waals surface area contributed by atoms with Crippen LogP contribution in [0.3, 0.4) is 0 Å². The van der Waals surface area contributed by atoms with Gasteiger partial charge in [-0.25, -0.2) is 0 Å². The van der Waals surface area contributed by atoms with Crippen molar-refractivity contribution in [1.29, 1.82) is 0 Å². The van der Waals surface area contributed by atoms with Crippen LogP contribution in [0.15, 0.2) is 34.1 Å². The first-order valence-corrected chi connectivity index (χ1v) is 18.7. The summed E-state index contributed by atoms with van der Waals surface area (Å²) in [4.78, 5) is 16.6. The van der Waals surface area contributed by atoms with Gasteiger partial charge in [-0.2, -0.15) is 0 Å².